The molecule has 1 unspecified atom stereocenters. The molecule has 2 aromatic carbocycles. The molecule has 4 rings (SSSR count). The highest BCUT2D eigenvalue weighted by atomic mass is 32.2. The number of nitrogens with zero attached hydrogens (tertiary/aromatic N) is 3. The third kappa shape index (κ3) is 4.10. The minimum Gasteiger partial charge on any atom is -0.493 e. The van der Waals surface area contributed by atoms with Gasteiger partial charge in [-0.1, -0.05) is 68.1 Å². The number of amides is 1. The van der Waals surface area contributed by atoms with Crippen molar-refractivity contribution < 1.29 is 14.3 Å². The van der Waals surface area contributed by atoms with Crippen LogP contribution in [0.3, 0.4) is 0 Å². The van der Waals surface area contributed by atoms with Gasteiger partial charge in [-0.25, -0.2) is 4.99 Å². The molecule has 160 valence electrons. The Morgan fingerprint density at radius 3 is 2.48 bits per heavy atom. The van der Waals surface area contributed by atoms with Crippen LogP contribution in [0.5, 0.6) is 11.5 Å². The fourth-order valence-corrected chi connectivity index (χ4v) is 4.56. The van der Waals surface area contributed by atoms with E-state index >= 15 is 0 Å². The lowest BCUT2D eigenvalue weighted by molar-refractivity contribution is -0.120. The number of hydrogen-bond acceptors (Lipinski definition) is 6. The molecule has 0 saturated heterocycles. The van der Waals surface area contributed by atoms with E-state index < -0.39 is 0 Å². The Hall–Kier alpha value is -3.06. The highest BCUT2D eigenvalue weighted by Crippen LogP contribution is 2.41. The molecule has 31 heavy (non-hydrogen) atoms. The van der Waals surface area contributed by atoms with Crippen molar-refractivity contribution in [2.45, 2.75) is 19.9 Å². The Labute approximate surface area is 186 Å². The number of carbonyl (C=O) groups is 1. The van der Waals surface area contributed by atoms with Crippen LogP contribution in [0.15, 0.2) is 58.5 Å². The van der Waals surface area contributed by atoms with Gasteiger partial charge in [-0.05, 0) is 17.5 Å². The fourth-order valence-electron chi connectivity index (χ4n) is 3.72. The number of fused-ring (bicyclic) bond motifs is 3. The van der Waals surface area contributed by atoms with Crippen LogP contribution in [0, 0.1) is 5.92 Å². The monoisotopic (exact) mass is 435 g/mol. The number of benzene rings is 2. The summed E-state index contributed by atoms with van der Waals surface area (Å²) in [5.74, 6) is 2.49. The fraction of sp³-hybridized carbons (Fsp3) is 0.292. The second kappa shape index (κ2) is 8.98. The maximum Gasteiger partial charge on any atom is 0.271 e. The summed E-state index contributed by atoms with van der Waals surface area (Å²) in [6.45, 7) is 4.06. The van der Waals surface area contributed by atoms with E-state index in [-0.39, 0.29) is 17.9 Å². The van der Waals surface area contributed by atoms with E-state index in [9.17, 15) is 4.79 Å². The molecule has 0 fully saturated rings. The zero-order valence-corrected chi connectivity index (χ0v) is 18.8. The molecule has 0 saturated carbocycles. The molecule has 1 atom stereocenters. The molecule has 0 radical (unpaired) electrons. The van der Waals surface area contributed by atoms with Crippen molar-refractivity contribution in [1.29, 1.82) is 0 Å². The maximum absolute atomic E-state index is 12.8. The minimum absolute atomic E-state index is 0.0982. The second-order valence-electron chi connectivity index (χ2n) is 7.58. The van der Waals surface area contributed by atoms with Gasteiger partial charge in [-0.15, -0.1) is 0 Å². The molecule has 6 nitrogen and oxygen atoms in total. The summed E-state index contributed by atoms with van der Waals surface area (Å²) < 4.78 is 10.9. The Kier molecular flexibility index (Phi) is 6.13. The predicted molar refractivity (Wildman–Crippen MR) is 127 cm³/mol. The SMILES string of the molecule is COc1cc2c(cc1OC)C1=NC(=O)C(C(C)C)N1C(SCC=Cc1ccccc1)=N2. The van der Waals surface area contributed by atoms with Gasteiger partial charge in [-0.3, -0.25) is 9.69 Å². The largest absolute Gasteiger partial charge is 0.493 e. The molecular formula is C24H25N3O3S. The lowest BCUT2D eigenvalue weighted by Crippen LogP contribution is -2.46. The molecule has 2 aliphatic rings. The van der Waals surface area contributed by atoms with Gasteiger partial charge in [0.1, 0.15) is 11.9 Å². The quantitative estimate of drug-likeness (QED) is 0.654. The highest BCUT2D eigenvalue weighted by Gasteiger charge is 2.43. The Morgan fingerprint density at radius 2 is 1.81 bits per heavy atom. The first-order valence-corrected chi connectivity index (χ1v) is 11.1. The molecule has 0 spiro atoms. The molecule has 7 heteroatoms. The van der Waals surface area contributed by atoms with Gasteiger partial charge in [0.15, 0.2) is 16.7 Å². The molecule has 1 amide bonds. The summed E-state index contributed by atoms with van der Waals surface area (Å²) in [5.41, 5.74) is 2.65. The molecule has 2 aromatic rings. The van der Waals surface area contributed by atoms with Crippen molar-refractivity contribution in [3.05, 3.63) is 59.7 Å². The first kappa shape index (κ1) is 21.2. The van der Waals surface area contributed by atoms with Gasteiger partial charge in [-0.2, -0.15) is 4.99 Å². The van der Waals surface area contributed by atoms with Crippen molar-refractivity contribution in [3.63, 3.8) is 0 Å². The van der Waals surface area contributed by atoms with Gasteiger partial charge >= 0.3 is 0 Å². The standard InChI is InChI=1S/C24H25N3O3S/c1-15(2)21-23(28)26-22-17-13-19(29-3)20(30-4)14-18(17)25-24(27(21)22)31-12-8-11-16-9-6-5-7-10-16/h5-11,13-15,21H,12H2,1-4H3. The van der Waals surface area contributed by atoms with E-state index in [0.29, 0.717) is 17.3 Å². The summed E-state index contributed by atoms with van der Waals surface area (Å²) in [5, 5.41) is 0.765. The first-order valence-electron chi connectivity index (χ1n) is 10.1. The third-order valence-electron chi connectivity index (χ3n) is 5.19. The van der Waals surface area contributed by atoms with Crippen LogP contribution in [0.2, 0.25) is 0 Å². The topological polar surface area (TPSA) is 63.5 Å². The van der Waals surface area contributed by atoms with E-state index in [0.717, 1.165) is 27.7 Å². The number of thioether (sulfide) groups is 1. The summed E-state index contributed by atoms with van der Waals surface area (Å²) in [6, 6.07) is 13.5. The van der Waals surface area contributed by atoms with E-state index in [1.165, 1.54) is 0 Å². The van der Waals surface area contributed by atoms with E-state index in [1.54, 1.807) is 26.0 Å². The summed E-state index contributed by atoms with van der Waals surface area (Å²) in [6.07, 6.45) is 4.19. The van der Waals surface area contributed by atoms with Crippen molar-refractivity contribution >= 4 is 40.4 Å². The molecule has 2 heterocycles. The van der Waals surface area contributed by atoms with Crippen LogP contribution in [0.1, 0.15) is 25.0 Å². The van der Waals surface area contributed by atoms with Crippen molar-refractivity contribution in [2.75, 3.05) is 20.0 Å². The van der Waals surface area contributed by atoms with Crippen molar-refractivity contribution in [1.82, 2.24) is 4.90 Å². The van der Waals surface area contributed by atoms with Crippen LogP contribution < -0.4 is 9.47 Å². The summed E-state index contributed by atoms with van der Waals surface area (Å²) in [7, 11) is 3.19. The highest BCUT2D eigenvalue weighted by molar-refractivity contribution is 8.14. The number of carbonyl (C=O) groups excluding carboxylic acids is 1. The van der Waals surface area contributed by atoms with Crippen molar-refractivity contribution in [2.24, 2.45) is 15.9 Å². The first-order chi connectivity index (χ1) is 15.0. The number of aliphatic imine (C=N–C) groups is 2. The van der Waals surface area contributed by atoms with Gasteiger partial charge in [0.25, 0.3) is 5.91 Å². The van der Waals surface area contributed by atoms with Gasteiger partial charge in [0, 0.05) is 17.4 Å². The minimum atomic E-state index is -0.361. The average molecular weight is 436 g/mol. The lowest BCUT2D eigenvalue weighted by Gasteiger charge is -2.33. The summed E-state index contributed by atoms with van der Waals surface area (Å²) in [4.78, 5) is 24.0. The molecular weight excluding hydrogens is 410 g/mol. The Morgan fingerprint density at radius 1 is 1.10 bits per heavy atom. The number of amidine groups is 2. The number of rotatable bonds is 6. The van der Waals surface area contributed by atoms with Gasteiger partial charge < -0.3 is 9.47 Å². The van der Waals surface area contributed by atoms with E-state index in [2.05, 4.69) is 29.3 Å². The van der Waals surface area contributed by atoms with Crippen LogP contribution in [0.25, 0.3) is 6.08 Å². The lowest BCUT2D eigenvalue weighted by atomic mass is 10.0. The average Bonchev–Trinajstić information content (AvgIpc) is 3.14. The number of hydrogen-bond donors (Lipinski definition) is 0. The van der Waals surface area contributed by atoms with Crippen LogP contribution in [-0.4, -0.2) is 47.8 Å². The smallest absolute Gasteiger partial charge is 0.271 e. The number of methoxy groups -OCH3 is 2. The molecule has 0 aromatic heterocycles. The predicted octanol–water partition coefficient (Wildman–Crippen LogP) is 4.76. The second-order valence-corrected chi connectivity index (χ2v) is 8.56. The van der Waals surface area contributed by atoms with Crippen LogP contribution in [-0.2, 0) is 4.79 Å². The molecule has 0 bridgehead atoms. The summed E-state index contributed by atoms with van der Waals surface area (Å²) >= 11 is 1.59. The Balaban J connectivity index is 1.69. The number of ether oxygens (including phenoxy) is 2. The van der Waals surface area contributed by atoms with E-state index in [1.807, 2.05) is 49.1 Å². The third-order valence-corrected chi connectivity index (χ3v) is 6.10. The normalized spacial score (nSPS) is 17.5. The van der Waals surface area contributed by atoms with Crippen LogP contribution in [0.4, 0.5) is 5.69 Å². The zero-order chi connectivity index (χ0) is 22.0. The molecule has 0 aliphatic carbocycles. The van der Waals surface area contributed by atoms with Gasteiger partial charge in [0.2, 0.25) is 0 Å². The molecule has 2 aliphatic heterocycles. The molecule has 0 N–H and O–H groups in total. The zero-order valence-electron chi connectivity index (χ0n) is 18.0. The maximum atomic E-state index is 12.8. The van der Waals surface area contributed by atoms with Crippen molar-refractivity contribution in [3.8, 4) is 11.5 Å². The van der Waals surface area contributed by atoms with Crippen LogP contribution >= 0.6 is 11.8 Å². The van der Waals surface area contributed by atoms with Gasteiger partial charge in [0.05, 0.1) is 19.9 Å². The Bertz CT molecular complexity index is 1080. The van der Waals surface area contributed by atoms with E-state index in [4.69, 9.17) is 14.5 Å².